The van der Waals surface area contributed by atoms with Gasteiger partial charge in [-0.05, 0) is 127 Å². The molecule has 0 heterocycles. The summed E-state index contributed by atoms with van der Waals surface area (Å²) in [6.07, 6.45) is 6.15. The summed E-state index contributed by atoms with van der Waals surface area (Å²) in [5, 5.41) is 33.0. The second-order valence-electron chi connectivity index (χ2n) is 15.0. The average Bonchev–Trinajstić information content (AvgIpc) is 3.48. The van der Waals surface area contributed by atoms with Crippen molar-refractivity contribution in [2.24, 2.45) is 53.4 Å². The molecule has 254 valence electrons. The van der Waals surface area contributed by atoms with Crippen molar-refractivity contribution in [3.63, 3.8) is 0 Å². The van der Waals surface area contributed by atoms with Gasteiger partial charge in [0.15, 0.2) is 0 Å². The predicted molar refractivity (Wildman–Crippen MR) is 206 cm³/mol. The maximum Gasteiger partial charge on any atom is 0.0936 e. The smallest absolute Gasteiger partial charge is 0.0936 e. The molecule has 2 bridgehead atoms. The van der Waals surface area contributed by atoms with Gasteiger partial charge < -0.3 is 5.32 Å². The van der Waals surface area contributed by atoms with Crippen LogP contribution in [-0.4, -0.2) is 6.04 Å². The highest BCUT2D eigenvalue weighted by atomic mass is 15.1. The molecule has 2 fully saturated rings. The summed E-state index contributed by atoms with van der Waals surface area (Å²) >= 11 is 0. The molecule has 4 unspecified atom stereocenters. The topological polar surface area (TPSA) is 86.2 Å². The Hall–Kier alpha value is -5.04. The second kappa shape index (κ2) is 14.1. The van der Waals surface area contributed by atoms with Crippen LogP contribution in [0.3, 0.4) is 0 Å². The molecule has 0 spiro atoms. The summed E-state index contributed by atoms with van der Waals surface area (Å²) in [6, 6.07) is 36.7. The van der Waals surface area contributed by atoms with Crippen molar-refractivity contribution in [3.05, 3.63) is 115 Å². The fraction of sp³-hybridized carbons (Fsp3) is 0.349. The summed E-state index contributed by atoms with van der Waals surface area (Å²) in [4.78, 5) is 0. The molecule has 2 aliphatic rings. The number of azo groups is 3. The minimum absolute atomic E-state index is 0.306. The van der Waals surface area contributed by atoms with Crippen molar-refractivity contribution >= 4 is 50.6 Å². The quantitative estimate of drug-likeness (QED) is 0.140. The van der Waals surface area contributed by atoms with E-state index in [2.05, 4.69) is 119 Å². The van der Waals surface area contributed by atoms with Crippen molar-refractivity contribution in [1.29, 1.82) is 0 Å². The zero-order valence-corrected chi connectivity index (χ0v) is 29.8. The lowest BCUT2D eigenvalue weighted by Gasteiger charge is -2.40. The number of hydrogen-bond acceptors (Lipinski definition) is 7. The van der Waals surface area contributed by atoms with Gasteiger partial charge in [0.1, 0.15) is 0 Å². The highest BCUT2D eigenvalue weighted by Gasteiger charge is 2.61. The zero-order chi connectivity index (χ0) is 34.7. The zero-order valence-electron chi connectivity index (χ0n) is 29.8. The fourth-order valence-electron chi connectivity index (χ4n) is 7.87. The van der Waals surface area contributed by atoms with E-state index in [0.29, 0.717) is 22.8 Å². The van der Waals surface area contributed by atoms with Gasteiger partial charge in [-0.2, -0.15) is 25.6 Å². The fourth-order valence-corrected chi connectivity index (χ4v) is 7.87. The van der Waals surface area contributed by atoms with E-state index in [1.165, 1.54) is 42.3 Å². The number of anilines is 1. The Balaban J connectivity index is 0.969. The molecule has 7 heteroatoms. The minimum atomic E-state index is 0.306. The van der Waals surface area contributed by atoms with Crippen molar-refractivity contribution in [2.75, 3.05) is 5.32 Å². The van der Waals surface area contributed by atoms with E-state index < -0.39 is 0 Å². The van der Waals surface area contributed by atoms with Crippen LogP contribution in [0.5, 0.6) is 0 Å². The average molecular weight is 662 g/mol. The van der Waals surface area contributed by atoms with Gasteiger partial charge in [-0.1, -0.05) is 77.4 Å². The molecule has 0 aromatic heterocycles. The van der Waals surface area contributed by atoms with Crippen LogP contribution in [0.1, 0.15) is 65.9 Å². The van der Waals surface area contributed by atoms with E-state index in [9.17, 15) is 0 Å². The molecule has 0 aliphatic heterocycles. The van der Waals surface area contributed by atoms with Crippen LogP contribution < -0.4 is 5.32 Å². The number of benzene rings is 5. The molecule has 5 aromatic carbocycles. The number of rotatable bonds is 11. The molecule has 2 saturated carbocycles. The molecular formula is C43H47N7. The predicted octanol–water partition coefficient (Wildman–Crippen LogP) is 14.3. The normalized spacial score (nSPS) is 21.9. The monoisotopic (exact) mass is 661 g/mol. The largest absolute Gasteiger partial charge is 0.381 e. The van der Waals surface area contributed by atoms with E-state index in [1.807, 2.05) is 60.7 Å². The standard InChI is InChI=1S/C43H47N7/c1-6-29(2)27-30-11-13-32(14-12-30)45-46-33-15-17-34(18-16-33)47-48-35-19-21-36(22-20-35)49-50-40-24-23-39(37-9-7-8-10-38(37)40)44-41-28-31-25-26-43(41,5)42(31,3)4/h7-24,29,31,41,44H,6,25-28H2,1-5H3. The summed E-state index contributed by atoms with van der Waals surface area (Å²) in [6.45, 7) is 11.9. The maximum atomic E-state index is 4.66. The second-order valence-corrected chi connectivity index (χ2v) is 15.0. The molecule has 4 atom stereocenters. The van der Waals surface area contributed by atoms with Crippen LogP contribution in [-0.2, 0) is 6.42 Å². The van der Waals surface area contributed by atoms with Gasteiger partial charge in [0, 0.05) is 22.5 Å². The number of hydrogen-bond donors (Lipinski definition) is 1. The van der Waals surface area contributed by atoms with Crippen molar-refractivity contribution in [2.45, 2.75) is 72.8 Å². The maximum absolute atomic E-state index is 4.66. The van der Waals surface area contributed by atoms with Crippen molar-refractivity contribution < 1.29 is 0 Å². The number of nitrogens with zero attached hydrogens (tertiary/aromatic N) is 6. The molecule has 0 saturated heterocycles. The van der Waals surface area contributed by atoms with Crippen LogP contribution in [0.25, 0.3) is 10.8 Å². The van der Waals surface area contributed by atoms with Crippen LogP contribution in [0, 0.1) is 22.7 Å². The molecule has 5 aromatic rings. The third kappa shape index (κ3) is 6.87. The molecule has 1 N–H and O–H groups in total. The molecule has 7 rings (SSSR count). The molecule has 7 nitrogen and oxygen atoms in total. The molecule has 0 amide bonds. The van der Waals surface area contributed by atoms with Crippen molar-refractivity contribution in [1.82, 2.24) is 0 Å². The number of nitrogens with one attached hydrogen (secondary N) is 1. The van der Waals surface area contributed by atoms with Crippen LogP contribution in [0.4, 0.5) is 39.8 Å². The lowest BCUT2D eigenvalue weighted by molar-refractivity contribution is 0.142. The van der Waals surface area contributed by atoms with Gasteiger partial charge in [-0.15, -0.1) is 5.11 Å². The van der Waals surface area contributed by atoms with Crippen LogP contribution in [0.15, 0.2) is 140 Å². The lowest BCUT2D eigenvalue weighted by Crippen LogP contribution is -2.40. The lowest BCUT2D eigenvalue weighted by atomic mass is 9.69. The van der Waals surface area contributed by atoms with Gasteiger partial charge >= 0.3 is 0 Å². The molecule has 50 heavy (non-hydrogen) atoms. The Labute approximate surface area is 296 Å². The third-order valence-corrected chi connectivity index (χ3v) is 11.8. The summed E-state index contributed by atoms with van der Waals surface area (Å²) in [7, 11) is 0. The first-order valence-electron chi connectivity index (χ1n) is 18.0. The summed E-state index contributed by atoms with van der Waals surface area (Å²) in [5.74, 6) is 1.47. The Bertz CT molecular complexity index is 2030. The van der Waals surface area contributed by atoms with E-state index in [0.717, 1.165) is 51.8 Å². The Morgan fingerprint density at radius 1 is 0.640 bits per heavy atom. The first-order chi connectivity index (χ1) is 24.2. The van der Waals surface area contributed by atoms with Gasteiger partial charge in [0.05, 0.1) is 34.1 Å². The molecular weight excluding hydrogens is 615 g/mol. The van der Waals surface area contributed by atoms with E-state index in [1.54, 1.807) is 0 Å². The third-order valence-electron chi connectivity index (χ3n) is 11.8. The Kier molecular flexibility index (Phi) is 9.41. The first-order valence-corrected chi connectivity index (χ1v) is 18.0. The summed E-state index contributed by atoms with van der Waals surface area (Å²) < 4.78 is 0. The molecule has 0 radical (unpaired) electrons. The van der Waals surface area contributed by atoms with E-state index in [4.69, 9.17) is 0 Å². The minimum Gasteiger partial charge on any atom is -0.381 e. The highest BCUT2D eigenvalue weighted by Crippen LogP contribution is 2.66. The van der Waals surface area contributed by atoms with Gasteiger partial charge in [0.2, 0.25) is 0 Å². The van der Waals surface area contributed by atoms with Crippen LogP contribution in [0.2, 0.25) is 0 Å². The summed E-state index contributed by atoms with van der Waals surface area (Å²) in [5.41, 5.74) is 7.88. The van der Waals surface area contributed by atoms with Crippen LogP contribution >= 0.6 is 0 Å². The Morgan fingerprint density at radius 3 is 1.62 bits per heavy atom. The Morgan fingerprint density at radius 2 is 1.14 bits per heavy atom. The van der Waals surface area contributed by atoms with Gasteiger partial charge in [0.25, 0.3) is 0 Å². The first kappa shape index (κ1) is 33.5. The number of fused-ring (bicyclic) bond motifs is 3. The van der Waals surface area contributed by atoms with E-state index in [-0.39, 0.29) is 0 Å². The SMILES string of the molecule is CCC(C)Cc1ccc(N=Nc2ccc(N=Nc3ccc(N=Nc4ccc(NC5CC6CCC5(C)C6(C)C)c5ccccc45)cc3)cc2)cc1. The molecule has 2 aliphatic carbocycles. The van der Waals surface area contributed by atoms with E-state index >= 15 is 0 Å². The highest BCUT2D eigenvalue weighted by molar-refractivity contribution is 6.01. The van der Waals surface area contributed by atoms with Gasteiger partial charge in [-0.25, -0.2) is 0 Å². The van der Waals surface area contributed by atoms with Crippen molar-refractivity contribution in [3.8, 4) is 0 Å². The van der Waals surface area contributed by atoms with Gasteiger partial charge in [-0.3, -0.25) is 0 Å².